The molecule has 8 heteroatoms. The van der Waals surface area contributed by atoms with Crippen molar-refractivity contribution in [2.45, 2.75) is 64.5 Å². The molecule has 2 N–H and O–H groups in total. The summed E-state index contributed by atoms with van der Waals surface area (Å²) in [5.41, 5.74) is 3.42. The van der Waals surface area contributed by atoms with Crippen LogP contribution in [0.4, 0.5) is 0 Å². The van der Waals surface area contributed by atoms with E-state index in [1.807, 2.05) is 6.07 Å². The fourth-order valence-electron chi connectivity index (χ4n) is 3.41. The number of amidine groups is 1. The van der Waals surface area contributed by atoms with Crippen molar-refractivity contribution in [2.75, 3.05) is 6.54 Å². The lowest BCUT2D eigenvalue weighted by atomic mass is 9.86. The molecule has 0 radical (unpaired) electrons. The summed E-state index contributed by atoms with van der Waals surface area (Å²) in [5.74, 6) is -1.49. The zero-order valence-corrected chi connectivity index (χ0v) is 17.9. The largest absolute Gasteiger partial charge is 0.458 e. The van der Waals surface area contributed by atoms with Gasteiger partial charge in [-0.3, -0.25) is 19.5 Å². The quantitative estimate of drug-likeness (QED) is 0.230. The van der Waals surface area contributed by atoms with Gasteiger partial charge in [0.15, 0.2) is 5.54 Å². The topological polar surface area (TPSA) is 126 Å². The maximum Gasteiger partial charge on any atom is 0.334 e. The molecule has 0 bridgehead atoms. The number of aliphatic imine (C=N–C) groups is 1. The Morgan fingerprint density at radius 1 is 1.17 bits per heavy atom. The Hall–Kier alpha value is -3.21. The third kappa shape index (κ3) is 4.85. The number of ether oxygens (including phenoxy) is 1. The van der Waals surface area contributed by atoms with E-state index >= 15 is 0 Å². The number of rotatable bonds is 8. The van der Waals surface area contributed by atoms with Crippen molar-refractivity contribution in [2.24, 2.45) is 10.7 Å². The third-order valence-electron chi connectivity index (χ3n) is 4.73. The summed E-state index contributed by atoms with van der Waals surface area (Å²) < 4.78 is 5.58. The van der Waals surface area contributed by atoms with E-state index in [4.69, 9.17) is 10.5 Å². The average Bonchev–Trinajstić information content (AvgIpc) is 2.90. The van der Waals surface area contributed by atoms with Crippen LogP contribution >= 0.6 is 0 Å². The highest BCUT2D eigenvalue weighted by atomic mass is 16.6. The van der Waals surface area contributed by atoms with Gasteiger partial charge in [0.05, 0.1) is 29.5 Å². The first-order valence-corrected chi connectivity index (χ1v) is 9.88. The fourth-order valence-corrected chi connectivity index (χ4v) is 3.41. The molecule has 1 aromatic carbocycles. The maximum absolute atomic E-state index is 13.3. The standard InChI is InChI=1S/C22H28N4O4/c1-15(24)25-14-8-7-11-22(12-13-23,20(29)30-21(2,3)4)26-18(27)16-9-5-6-10-17(16)19(26)28/h5-6,9-10H,7-8,11-12,14H2,1-4H3,(H2,24,25). The normalized spacial score (nSPS) is 16.1. The Bertz CT molecular complexity index is 871. The maximum atomic E-state index is 13.3. The summed E-state index contributed by atoms with van der Waals surface area (Å²) in [6.45, 7) is 7.22. The number of imide groups is 1. The minimum atomic E-state index is -1.71. The van der Waals surface area contributed by atoms with Crippen molar-refractivity contribution in [3.63, 3.8) is 0 Å². The van der Waals surface area contributed by atoms with Crippen molar-refractivity contribution in [3.05, 3.63) is 35.4 Å². The molecule has 1 aliphatic heterocycles. The molecule has 0 fully saturated rings. The van der Waals surface area contributed by atoms with E-state index in [1.165, 1.54) is 0 Å². The Kier molecular flexibility index (Phi) is 6.98. The van der Waals surface area contributed by atoms with E-state index in [9.17, 15) is 19.6 Å². The zero-order valence-electron chi connectivity index (χ0n) is 17.9. The molecule has 0 spiro atoms. The Morgan fingerprint density at radius 3 is 2.20 bits per heavy atom. The van der Waals surface area contributed by atoms with Crippen LogP contribution in [0.15, 0.2) is 29.3 Å². The average molecular weight is 412 g/mol. The number of nitriles is 1. The van der Waals surface area contributed by atoms with Crippen molar-refractivity contribution in [1.82, 2.24) is 4.90 Å². The van der Waals surface area contributed by atoms with Crippen molar-refractivity contribution < 1.29 is 19.1 Å². The number of nitrogens with zero attached hydrogens (tertiary/aromatic N) is 3. The number of hydrogen-bond donors (Lipinski definition) is 1. The molecule has 1 atom stereocenters. The number of unbranched alkanes of at least 4 members (excludes halogenated alkanes) is 1. The summed E-state index contributed by atoms with van der Waals surface area (Å²) in [6, 6.07) is 8.37. The second-order valence-electron chi connectivity index (χ2n) is 8.34. The molecule has 2 rings (SSSR count). The highest BCUT2D eigenvalue weighted by Gasteiger charge is 2.55. The highest BCUT2D eigenvalue weighted by molar-refractivity contribution is 6.23. The number of benzene rings is 1. The SMILES string of the molecule is CC(N)=NCCCCC(CC#N)(C(=O)OC(C)(C)C)N1C(=O)c2ccccc2C1=O. The van der Waals surface area contributed by atoms with E-state index in [1.54, 1.807) is 52.0 Å². The Balaban J connectivity index is 2.45. The molecular weight excluding hydrogens is 384 g/mol. The van der Waals surface area contributed by atoms with Gasteiger partial charge in [0.1, 0.15) is 5.60 Å². The smallest absolute Gasteiger partial charge is 0.334 e. The molecule has 0 saturated carbocycles. The van der Waals surface area contributed by atoms with E-state index in [2.05, 4.69) is 4.99 Å². The lowest BCUT2D eigenvalue weighted by Gasteiger charge is -2.38. The van der Waals surface area contributed by atoms with Crippen LogP contribution < -0.4 is 5.73 Å². The number of amides is 2. The van der Waals surface area contributed by atoms with Gasteiger partial charge >= 0.3 is 5.97 Å². The zero-order chi connectivity index (χ0) is 22.5. The third-order valence-corrected chi connectivity index (χ3v) is 4.73. The molecule has 2 amide bonds. The number of carbonyl (C=O) groups is 3. The van der Waals surface area contributed by atoms with E-state index < -0.39 is 28.9 Å². The van der Waals surface area contributed by atoms with E-state index in [0.29, 0.717) is 25.2 Å². The van der Waals surface area contributed by atoms with Gasteiger partial charge in [-0.1, -0.05) is 12.1 Å². The molecule has 1 heterocycles. The van der Waals surface area contributed by atoms with E-state index in [-0.39, 0.29) is 24.0 Å². The predicted octanol–water partition coefficient (Wildman–Crippen LogP) is 2.82. The van der Waals surface area contributed by atoms with Crippen LogP contribution in [0.1, 0.15) is 74.1 Å². The van der Waals surface area contributed by atoms with Gasteiger partial charge in [0, 0.05) is 6.54 Å². The van der Waals surface area contributed by atoms with Crippen LogP contribution in [0.5, 0.6) is 0 Å². The molecule has 8 nitrogen and oxygen atoms in total. The van der Waals surface area contributed by atoms with Gasteiger partial charge in [0.2, 0.25) is 0 Å². The van der Waals surface area contributed by atoms with Crippen LogP contribution in [-0.2, 0) is 9.53 Å². The molecular formula is C22H28N4O4. The first-order chi connectivity index (χ1) is 14.0. The molecule has 1 aromatic rings. The monoisotopic (exact) mass is 412 g/mol. The minimum absolute atomic E-state index is 0.0973. The molecule has 0 aliphatic carbocycles. The Labute approximate surface area is 176 Å². The van der Waals surface area contributed by atoms with Gasteiger partial charge in [-0.05, 0) is 59.1 Å². The molecule has 1 aliphatic rings. The summed E-state index contributed by atoms with van der Waals surface area (Å²) in [7, 11) is 0. The van der Waals surface area contributed by atoms with Crippen molar-refractivity contribution >= 4 is 23.6 Å². The molecule has 30 heavy (non-hydrogen) atoms. The van der Waals surface area contributed by atoms with Crippen LogP contribution in [0.25, 0.3) is 0 Å². The van der Waals surface area contributed by atoms with Crippen molar-refractivity contribution in [1.29, 1.82) is 5.26 Å². The molecule has 160 valence electrons. The molecule has 0 aromatic heterocycles. The summed E-state index contributed by atoms with van der Waals surface area (Å²) in [4.78, 5) is 44.6. The van der Waals surface area contributed by atoms with E-state index in [0.717, 1.165) is 4.90 Å². The lowest BCUT2D eigenvalue weighted by Crippen LogP contribution is -2.58. The van der Waals surface area contributed by atoms with Crippen LogP contribution in [0, 0.1) is 11.3 Å². The Morgan fingerprint density at radius 2 is 1.73 bits per heavy atom. The summed E-state index contributed by atoms with van der Waals surface area (Å²) in [5, 5.41) is 9.53. The van der Waals surface area contributed by atoms with Crippen LogP contribution in [0.3, 0.4) is 0 Å². The molecule has 0 saturated heterocycles. The van der Waals surface area contributed by atoms with Crippen LogP contribution in [0.2, 0.25) is 0 Å². The summed E-state index contributed by atoms with van der Waals surface area (Å²) in [6.07, 6.45) is 0.769. The minimum Gasteiger partial charge on any atom is -0.458 e. The van der Waals surface area contributed by atoms with Gasteiger partial charge in [-0.25, -0.2) is 4.79 Å². The lowest BCUT2D eigenvalue weighted by molar-refractivity contribution is -0.167. The van der Waals surface area contributed by atoms with Gasteiger partial charge < -0.3 is 10.5 Å². The highest BCUT2D eigenvalue weighted by Crippen LogP contribution is 2.37. The first-order valence-electron chi connectivity index (χ1n) is 9.88. The number of hydrogen-bond acceptors (Lipinski definition) is 6. The fraction of sp³-hybridized carbons (Fsp3) is 0.500. The van der Waals surface area contributed by atoms with Gasteiger partial charge in [-0.15, -0.1) is 0 Å². The number of fused-ring (bicyclic) bond motifs is 1. The predicted molar refractivity (Wildman–Crippen MR) is 112 cm³/mol. The number of carbonyl (C=O) groups excluding carboxylic acids is 3. The van der Waals surface area contributed by atoms with Gasteiger partial charge in [0.25, 0.3) is 11.8 Å². The first kappa shape index (κ1) is 23.1. The number of esters is 1. The summed E-state index contributed by atoms with van der Waals surface area (Å²) >= 11 is 0. The van der Waals surface area contributed by atoms with Crippen molar-refractivity contribution in [3.8, 4) is 6.07 Å². The molecule has 1 unspecified atom stereocenters. The second-order valence-corrected chi connectivity index (χ2v) is 8.34. The second kappa shape index (κ2) is 9.08. The van der Waals surface area contributed by atoms with Crippen LogP contribution in [-0.4, -0.2) is 46.2 Å². The van der Waals surface area contributed by atoms with Gasteiger partial charge in [-0.2, -0.15) is 5.26 Å². The number of nitrogens with two attached hydrogens (primary N) is 1.